The van der Waals surface area contributed by atoms with E-state index in [2.05, 4.69) is 5.32 Å². The fraction of sp³-hybridized carbons (Fsp3) is 0.556. The number of nitrogens with one attached hydrogen (secondary N) is 1. The molecule has 1 aliphatic carbocycles. The van der Waals surface area contributed by atoms with Crippen molar-refractivity contribution in [1.82, 2.24) is 5.32 Å². The molecule has 0 atom stereocenters. The number of carboxylic acids is 1. The van der Waals surface area contributed by atoms with E-state index < -0.39 is 17.2 Å². The average Bonchev–Trinajstić information content (AvgIpc) is 2.59. The molecule has 1 aliphatic rings. The normalized spacial score (nSPS) is 16.4. The van der Waals surface area contributed by atoms with Crippen LogP contribution >= 0.6 is 0 Å². The van der Waals surface area contributed by atoms with E-state index in [-0.39, 0.29) is 24.6 Å². The third kappa shape index (κ3) is 4.46. The fourth-order valence-corrected chi connectivity index (χ4v) is 3.17. The predicted molar refractivity (Wildman–Crippen MR) is 87.4 cm³/mol. The summed E-state index contributed by atoms with van der Waals surface area (Å²) in [6.45, 7) is 0.165. The van der Waals surface area contributed by atoms with E-state index in [4.69, 9.17) is 4.74 Å². The Labute approximate surface area is 141 Å². The highest BCUT2D eigenvalue weighted by Crippen LogP contribution is 2.36. The number of carbonyl (C=O) groups is 2. The number of rotatable bonds is 7. The Morgan fingerprint density at radius 2 is 2.00 bits per heavy atom. The van der Waals surface area contributed by atoms with Gasteiger partial charge in [0.25, 0.3) is 0 Å². The third-order valence-electron chi connectivity index (χ3n) is 4.75. The second-order valence-electron chi connectivity index (χ2n) is 6.39. The Kier molecular flexibility index (Phi) is 6.17. The number of aryl methyl sites for hydroxylation is 1. The van der Waals surface area contributed by atoms with Crippen LogP contribution in [0, 0.1) is 11.2 Å². The van der Waals surface area contributed by atoms with E-state index >= 15 is 0 Å². The first-order chi connectivity index (χ1) is 11.5. The number of carbonyl (C=O) groups excluding carboxylic acids is 1. The number of hydrogen-bond donors (Lipinski definition) is 2. The summed E-state index contributed by atoms with van der Waals surface area (Å²) >= 11 is 0. The Bertz CT molecular complexity index is 597. The molecule has 2 N–H and O–H groups in total. The summed E-state index contributed by atoms with van der Waals surface area (Å²) < 4.78 is 18.5. The van der Waals surface area contributed by atoms with Crippen molar-refractivity contribution in [2.75, 3.05) is 13.7 Å². The molecule has 1 amide bonds. The molecule has 1 aromatic rings. The Balaban J connectivity index is 1.84. The van der Waals surface area contributed by atoms with Gasteiger partial charge >= 0.3 is 5.97 Å². The van der Waals surface area contributed by atoms with Gasteiger partial charge in [0.15, 0.2) is 11.6 Å². The SMILES string of the molecule is COc1ccc(CCC(=O)NCC2(C(=O)O)CCCCC2)cc1F. The maximum Gasteiger partial charge on any atom is 0.311 e. The minimum Gasteiger partial charge on any atom is -0.494 e. The molecule has 0 spiro atoms. The summed E-state index contributed by atoms with van der Waals surface area (Å²) in [4.78, 5) is 23.6. The fourth-order valence-electron chi connectivity index (χ4n) is 3.17. The van der Waals surface area contributed by atoms with Crippen LogP contribution in [0.1, 0.15) is 44.1 Å². The molecule has 0 aromatic heterocycles. The zero-order chi connectivity index (χ0) is 17.6. The van der Waals surface area contributed by atoms with Crippen LogP contribution in [0.3, 0.4) is 0 Å². The van der Waals surface area contributed by atoms with Crippen molar-refractivity contribution in [3.63, 3.8) is 0 Å². The lowest BCUT2D eigenvalue weighted by Crippen LogP contribution is -2.44. The topological polar surface area (TPSA) is 75.6 Å². The van der Waals surface area contributed by atoms with Crippen molar-refractivity contribution in [2.24, 2.45) is 5.41 Å². The molecule has 5 nitrogen and oxygen atoms in total. The maximum absolute atomic E-state index is 13.6. The Morgan fingerprint density at radius 3 is 2.58 bits per heavy atom. The van der Waals surface area contributed by atoms with Crippen molar-refractivity contribution in [3.8, 4) is 5.75 Å². The van der Waals surface area contributed by atoms with Gasteiger partial charge in [0, 0.05) is 13.0 Å². The summed E-state index contributed by atoms with van der Waals surface area (Å²) in [6, 6.07) is 4.60. The van der Waals surface area contributed by atoms with Crippen LogP contribution in [0.15, 0.2) is 18.2 Å². The molecule has 0 bridgehead atoms. The van der Waals surface area contributed by atoms with E-state index in [0.717, 1.165) is 19.3 Å². The predicted octanol–water partition coefficient (Wildman–Crippen LogP) is 2.92. The number of halogens is 1. The third-order valence-corrected chi connectivity index (χ3v) is 4.75. The number of hydrogen-bond acceptors (Lipinski definition) is 3. The highest BCUT2D eigenvalue weighted by Gasteiger charge is 2.39. The first kappa shape index (κ1) is 18.2. The smallest absolute Gasteiger partial charge is 0.311 e. The van der Waals surface area contributed by atoms with Crippen molar-refractivity contribution < 1.29 is 23.8 Å². The average molecular weight is 337 g/mol. The molecule has 2 rings (SSSR count). The largest absolute Gasteiger partial charge is 0.494 e. The first-order valence-corrected chi connectivity index (χ1v) is 8.29. The molecule has 1 saturated carbocycles. The van der Waals surface area contributed by atoms with Gasteiger partial charge in [-0.2, -0.15) is 0 Å². The van der Waals surface area contributed by atoms with Crippen LogP contribution in [0.25, 0.3) is 0 Å². The number of amides is 1. The highest BCUT2D eigenvalue weighted by molar-refractivity contribution is 5.79. The van der Waals surface area contributed by atoms with E-state index in [1.165, 1.54) is 19.2 Å². The van der Waals surface area contributed by atoms with Gasteiger partial charge in [-0.3, -0.25) is 9.59 Å². The van der Waals surface area contributed by atoms with Crippen LogP contribution in [0.2, 0.25) is 0 Å². The molecule has 1 aromatic carbocycles. The van der Waals surface area contributed by atoms with Crippen LogP contribution in [0.5, 0.6) is 5.75 Å². The van der Waals surface area contributed by atoms with E-state index in [9.17, 15) is 19.1 Å². The summed E-state index contributed by atoms with van der Waals surface area (Å²) in [5.41, 5.74) is -0.130. The molecule has 0 saturated heterocycles. The molecule has 6 heteroatoms. The van der Waals surface area contributed by atoms with E-state index in [1.807, 2.05) is 0 Å². The lowest BCUT2D eigenvalue weighted by Gasteiger charge is -2.33. The zero-order valence-corrected chi connectivity index (χ0v) is 13.9. The van der Waals surface area contributed by atoms with Crippen molar-refractivity contribution in [2.45, 2.75) is 44.9 Å². The van der Waals surface area contributed by atoms with Crippen molar-refractivity contribution in [3.05, 3.63) is 29.6 Å². The second-order valence-corrected chi connectivity index (χ2v) is 6.39. The Hall–Kier alpha value is -2.11. The minimum atomic E-state index is -0.834. The quantitative estimate of drug-likeness (QED) is 0.802. The minimum absolute atomic E-state index is 0.165. The number of methoxy groups -OCH3 is 1. The molecule has 0 aliphatic heterocycles. The van der Waals surface area contributed by atoms with Gasteiger partial charge in [-0.1, -0.05) is 25.3 Å². The number of ether oxygens (including phenoxy) is 1. The van der Waals surface area contributed by atoms with Gasteiger partial charge in [-0.25, -0.2) is 4.39 Å². The molecular weight excluding hydrogens is 313 g/mol. The highest BCUT2D eigenvalue weighted by atomic mass is 19.1. The Morgan fingerprint density at radius 1 is 1.29 bits per heavy atom. The number of aliphatic carboxylic acids is 1. The van der Waals surface area contributed by atoms with Gasteiger partial charge in [-0.05, 0) is 37.0 Å². The molecule has 1 fully saturated rings. The molecule has 0 heterocycles. The molecular formula is C18H24FNO4. The summed E-state index contributed by atoms with van der Waals surface area (Å²) in [6.07, 6.45) is 4.61. The molecule has 132 valence electrons. The number of benzene rings is 1. The lowest BCUT2D eigenvalue weighted by atomic mass is 9.74. The van der Waals surface area contributed by atoms with Crippen molar-refractivity contribution in [1.29, 1.82) is 0 Å². The summed E-state index contributed by atoms with van der Waals surface area (Å²) in [7, 11) is 1.40. The molecule has 24 heavy (non-hydrogen) atoms. The van der Waals surface area contributed by atoms with E-state index in [1.54, 1.807) is 6.07 Å². The molecule has 0 radical (unpaired) electrons. The van der Waals surface area contributed by atoms with E-state index in [0.29, 0.717) is 24.8 Å². The van der Waals surface area contributed by atoms with Crippen LogP contribution in [0.4, 0.5) is 4.39 Å². The lowest BCUT2D eigenvalue weighted by molar-refractivity contribution is -0.151. The van der Waals surface area contributed by atoms with Gasteiger partial charge < -0.3 is 15.2 Å². The van der Waals surface area contributed by atoms with Gasteiger partial charge in [0.05, 0.1) is 12.5 Å². The van der Waals surface area contributed by atoms with Crippen LogP contribution < -0.4 is 10.1 Å². The number of carboxylic acid groups (broad SMARTS) is 1. The second kappa shape index (κ2) is 8.13. The summed E-state index contributed by atoms with van der Waals surface area (Å²) in [5.74, 6) is -1.33. The van der Waals surface area contributed by atoms with Gasteiger partial charge in [-0.15, -0.1) is 0 Å². The first-order valence-electron chi connectivity index (χ1n) is 8.29. The van der Waals surface area contributed by atoms with Crippen LogP contribution in [-0.4, -0.2) is 30.6 Å². The van der Waals surface area contributed by atoms with Gasteiger partial charge in [0.2, 0.25) is 5.91 Å². The summed E-state index contributed by atoms with van der Waals surface area (Å²) in [5, 5.41) is 12.2. The van der Waals surface area contributed by atoms with Gasteiger partial charge in [0.1, 0.15) is 0 Å². The van der Waals surface area contributed by atoms with Crippen molar-refractivity contribution >= 4 is 11.9 Å². The molecule has 0 unspecified atom stereocenters. The monoisotopic (exact) mass is 337 g/mol. The maximum atomic E-state index is 13.6. The standard InChI is InChI=1S/C18H24FNO4/c1-24-15-7-5-13(11-14(15)19)6-8-16(21)20-12-18(17(22)23)9-3-2-4-10-18/h5,7,11H,2-4,6,8-10,12H2,1H3,(H,20,21)(H,22,23). The zero-order valence-electron chi connectivity index (χ0n) is 13.9. The van der Waals surface area contributed by atoms with Crippen LogP contribution in [-0.2, 0) is 16.0 Å².